The van der Waals surface area contributed by atoms with Gasteiger partial charge in [0.2, 0.25) is 0 Å². The molecule has 0 saturated carbocycles. The minimum Gasteiger partial charge on any atom is -0.455 e. The van der Waals surface area contributed by atoms with E-state index in [1.165, 1.54) is 53.6 Å². The minimum absolute atomic E-state index is 0.171. The molecular formula is C51H35NOS. The van der Waals surface area contributed by atoms with Gasteiger partial charge in [0, 0.05) is 47.9 Å². The molecule has 0 radical (unpaired) electrons. The van der Waals surface area contributed by atoms with Gasteiger partial charge >= 0.3 is 0 Å². The lowest BCUT2D eigenvalue weighted by Gasteiger charge is -2.28. The summed E-state index contributed by atoms with van der Waals surface area (Å²) >= 11 is 1.86. The van der Waals surface area contributed by atoms with Gasteiger partial charge < -0.3 is 9.32 Å². The molecule has 0 bridgehead atoms. The Morgan fingerprint density at radius 2 is 1.17 bits per heavy atom. The molecule has 0 atom stereocenters. The second-order valence-corrected chi connectivity index (χ2v) is 16.0. The Hall–Kier alpha value is -6.42. The summed E-state index contributed by atoms with van der Waals surface area (Å²) in [6.45, 7) is 4.74. The van der Waals surface area contributed by atoms with Crippen LogP contribution in [0.1, 0.15) is 25.0 Å². The molecule has 0 amide bonds. The van der Waals surface area contributed by atoms with Gasteiger partial charge in [0.1, 0.15) is 11.2 Å². The van der Waals surface area contributed by atoms with E-state index in [1.54, 1.807) is 0 Å². The van der Waals surface area contributed by atoms with Crippen molar-refractivity contribution in [2.45, 2.75) is 19.3 Å². The first-order valence-electron chi connectivity index (χ1n) is 18.6. The lowest BCUT2D eigenvalue weighted by atomic mass is 9.82. The number of hydrogen-bond acceptors (Lipinski definition) is 3. The van der Waals surface area contributed by atoms with Crippen LogP contribution in [0.15, 0.2) is 180 Å². The lowest BCUT2D eigenvalue weighted by Crippen LogP contribution is -2.16. The topological polar surface area (TPSA) is 16.4 Å². The Morgan fingerprint density at radius 3 is 2.02 bits per heavy atom. The molecular weight excluding hydrogens is 675 g/mol. The number of thiophene rings is 1. The van der Waals surface area contributed by atoms with E-state index in [9.17, 15) is 0 Å². The molecule has 54 heavy (non-hydrogen) atoms. The van der Waals surface area contributed by atoms with Crippen LogP contribution in [0.3, 0.4) is 0 Å². The van der Waals surface area contributed by atoms with Crippen molar-refractivity contribution in [3.8, 4) is 33.4 Å². The number of anilines is 3. The molecule has 2 heterocycles. The predicted octanol–water partition coefficient (Wildman–Crippen LogP) is 15.1. The van der Waals surface area contributed by atoms with Crippen LogP contribution in [-0.2, 0) is 5.41 Å². The van der Waals surface area contributed by atoms with Gasteiger partial charge in [-0.1, -0.05) is 141 Å². The second-order valence-electron chi connectivity index (χ2n) is 14.9. The first-order valence-corrected chi connectivity index (χ1v) is 19.4. The van der Waals surface area contributed by atoms with Crippen molar-refractivity contribution in [1.82, 2.24) is 0 Å². The number of nitrogens with zero attached hydrogens (tertiary/aromatic N) is 1. The van der Waals surface area contributed by atoms with Crippen LogP contribution in [0.4, 0.5) is 17.1 Å². The number of hydrogen-bond donors (Lipinski definition) is 0. The Kier molecular flexibility index (Phi) is 6.80. The largest absolute Gasteiger partial charge is 0.455 e. The van der Waals surface area contributed by atoms with Crippen molar-refractivity contribution < 1.29 is 4.42 Å². The first-order chi connectivity index (χ1) is 26.5. The fourth-order valence-electron chi connectivity index (χ4n) is 8.83. The predicted molar refractivity (Wildman–Crippen MR) is 230 cm³/mol. The highest BCUT2D eigenvalue weighted by atomic mass is 32.1. The van der Waals surface area contributed by atoms with E-state index in [2.05, 4.69) is 195 Å². The molecule has 2 aromatic heterocycles. The fraction of sp³-hybridized carbons (Fsp3) is 0.0588. The average molecular weight is 710 g/mol. The van der Waals surface area contributed by atoms with Gasteiger partial charge in [0.25, 0.3) is 0 Å². The maximum atomic E-state index is 6.78. The standard InChI is InChI=1S/C51H35NOS/c1-51(2)43-28-23-34(32-13-5-3-6-14-32)29-42(43)38-26-24-35(30-44(38)51)52(36-25-27-40-39-17-9-10-22-47(39)54-48(40)31-36)45-20-12-21-46-49(45)41-19-11-18-37(50(41)53-46)33-15-7-4-8-16-33/h3-31H,1-2H3. The van der Waals surface area contributed by atoms with Crippen LogP contribution in [0.2, 0.25) is 0 Å². The van der Waals surface area contributed by atoms with Gasteiger partial charge in [-0.3, -0.25) is 0 Å². The third kappa shape index (κ3) is 4.65. The molecule has 3 heteroatoms. The van der Waals surface area contributed by atoms with Crippen molar-refractivity contribution in [3.05, 3.63) is 187 Å². The van der Waals surface area contributed by atoms with E-state index in [4.69, 9.17) is 4.42 Å². The summed E-state index contributed by atoms with van der Waals surface area (Å²) in [5.41, 5.74) is 15.0. The van der Waals surface area contributed by atoms with Crippen LogP contribution in [0, 0.1) is 0 Å². The zero-order valence-corrected chi connectivity index (χ0v) is 30.8. The zero-order valence-electron chi connectivity index (χ0n) is 30.0. The highest BCUT2D eigenvalue weighted by molar-refractivity contribution is 7.25. The molecule has 10 aromatic rings. The smallest absolute Gasteiger partial charge is 0.143 e. The summed E-state index contributed by atoms with van der Waals surface area (Å²) in [5.74, 6) is 0. The molecule has 0 unspecified atom stereocenters. The van der Waals surface area contributed by atoms with Gasteiger partial charge in [-0.15, -0.1) is 11.3 Å². The number of benzene rings is 8. The van der Waals surface area contributed by atoms with E-state index in [0.717, 1.165) is 50.1 Å². The summed E-state index contributed by atoms with van der Waals surface area (Å²) in [6, 6.07) is 64.0. The maximum absolute atomic E-state index is 6.78. The molecule has 2 nitrogen and oxygen atoms in total. The van der Waals surface area contributed by atoms with Gasteiger partial charge in [-0.25, -0.2) is 0 Å². The highest BCUT2D eigenvalue weighted by Gasteiger charge is 2.36. The molecule has 0 saturated heterocycles. The van der Waals surface area contributed by atoms with Gasteiger partial charge in [-0.05, 0) is 87.5 Å². The number of fused-ring (bicyclic) bond motifs is 9. The molecule has 0 fully saturated rings. The molecule has 1 aliphatic rings. The van der Waals surface area contributed by atoms with Gasteiger partial charge in [-0.2, -0.15) is 0 Å². The van der Waals surface area contributed by atoms with Crippen LogP contribution in [0.25, 0.3) is 75.5 Å². The zero-order chi connectivity index (χ0) is 36.0. The van der Waals surface area contributed by atoms with E-state index < -0.39 is 0 Å². The Morgan fingerprint density at radius 1 is 0.463 bits per heavy atom. The third-order valence-electron chi connectivity index (χ3n) is 11.5. The Bertz CT molecular complexity index is 3080. The minimum atomic E-state index is -0.171. The monoisotopic (exact) mass is 709 g/mol. The number of rotatable bonds is 5. The van der Waals surface area contributed by atoms with Crippen LogP contribution in [-0.4, -0.2) is 0 Å². The van der Waals surface area contributed by atoms with E-state index in [0.29, 0.717) is 0 Å². The average Bonchev–Trinajstić information content (AvgIpc) is 3.86. The molecule has 1 aliphatic carbocycles. The molecule has 0 spiro atoms. The van der Waals surface area contributed by atoms with Crippen molar-refractivity contribution in [2.75, 3.05) is 4.90 Å². The van der Waals surface area contributed by atoms with E-state index in [-0.39, 0.29) is 5.41 Å². The van der Waals surface area contributed by atoms with Crippen LogP contribution >= 0.6 is 11.3 Å². The number of furan rings is 1. The normalized spacial score (nSPS) is 13.1. The lowest BCUT2D eigenvalue weighted by molar-refractivity contribution is 0.660. The maximum Gasteiger partial charge on any atom is 0.143 e. The van der Waals surface area contributed by atoms with E-state index in [1.807, 2.05) is 11.3 Å². The van der Waals surface area contributed by atoms with Crippen LogP contribution < -0.4 is 4.90 Å². The second kappa shape index (κ2) is 11.8. The van der Waals surface area contributed by atoms with Crippen molar-refractivity contribution in [3.63, 3.8) is 0 Å². The Balaban J connectivity index is 1.14. The molecule has 256 valence electrons. The van der Waals surface area contributed by atoms with Crippen molar-refractivity contribution in [1.29, 1.82) is 0 Å². The molecule has 8 aromatic carbocycles. The quantitative estimate of drug-likeness (QED) is 0.177. The van der Waals surface area contributed by atoms with Crippen LogP contribution in [0.5, 0.6) is 0 Å². The summed E-state index contributed by atoms with van der Waals surface area (Å²) < 4.78 is 9.36. The summed E-state index contributed by atoms with van der Waals surface area (Å²) in [5, 5.41) is 4.81. The van der Waals surface area contributed by atoms with Crippen molar-refractivity contribution >= 4 is 70.5 Å². The SMILES string of the molecule is CC1(C)c2ccc(-c3ccccc3)cc2-c2ccc(N(c3ccc4c(c3)sc3ccccc34)c3cccc4oc5c(-c6ccccc6)cccc5c34)cc21. The van der Waals surface area contributed by atoms with Gasteiger partial charge in [0.05, 0.1) is 11.1 Å². The first kappa shape index (κ1) is 31.1. The summed E-state index contributed by atoms with van der Waals surface area (Å²) in [6.07, 6.45) is 0. The highest BCUT2D eigenvalue weighted by Crippen LogP contribution is 2.53. The third-order valence-corrected chi connectivity index (χ3v) is 12.6. The Labute approximate surface area is 318 Å². The number of para-hydroxylation sites is 1. The molecule has 0 aliphatic heterocycles. The fourth-order valence-corrected chi connectivity index (χ4v) is 9.97. The van der Waals surface area contributed by atoms with E-state index >= 15 is 0 Å². The van der Waals surface area contributed by atoms with Crippen molar-refractivity contribution in [2.24, 2.45) is 0 Å². The summed E-state index contributed by atoms with van der Waals surface area (Å²) in [4.78, 5) is 2.45. The van der Waals surface area contributed by atoms with Gasteiger partial charge in [0.15, 0.2) is 0 Å². The molecule has 11 rings (SSSR count). The summed E-state index contributed by atoms with van der Waals surface area (Å²) in [7, 11) is 0. The molecule has 0 N–H and O–H groups in total.